The highest BCUT2D eigenvalue weighted by Gasteiger charge is 2.14. The lowest BCUT2D eigenvalue weighted by Crippen LogP contribution is -2.04. The van der Waals surface area contributed by atoms with E-state index >= 15 is 0 Å². The molecule has 0 fully saturated rings. The van der Waals surface area contributed by atoms with Gasteiger partial charge in [-0.1, -0.05) is 12.1 Å². The smallest absolute Gasteiger partial charge is 0.229 e. The minimum atomic E-state index is 0.197. The van der Waals surface area contributed by atoms with Crippen LogP contribution in [0.3, 0.4) is 0 Å². The first-order valence-corrected chi connectivity index (χ1v) is 5.25. The predicted molar refractivity (Wildman–Crippen MR) is 59.6 cm³/mol. The number of rotatable bonds is 4. The van der Waals surface area contributed by atoms with Crippen molar-refractivity contribution in [3.63, 3.8) is 0 Å². The van der Waals surface area contributed by atoms with Crippen molar-refractivity contribution >= 4 is 0 Å². The number of hydrogen-bond acceptors (Lipinski definition) is 5. The van der Waals surface area contributed by atoms with Gasteiger partial charge in [-0.15, -0.1) is 0 Å². The van der Waals surface area contributed by atoms with Crippen molar-refractivity contribution in [3.8, 4) is 11.4 Å². The van der Waals surface area contributed by atoms with Crippen molar-refractivity contribution in [1.29, 1.82) is 0 Å². The molecule has 0 amide bonds. The highest BCUT2D eigenvalue weighted by Crippen LogP contribution is 2.20. The Balaban J connectivity index is 2.20. The predicted octanol–water partition coefficient (Wildman–Crippen LogP) is 1.58. The van der Waals surface area contributed by atoms with Gasteiger partial charge in [-0.05, 0) is 25.1 Å². The molecule has 5 heteroatoms. The molecule has 2 N–H and O–H groups in total. The fourth-order valence-electron chi connectivity index (χ4n) is 1.42. The molecule has 0 bridgehead atoms. The third-order valence-corrected chi connectivity index (χ3v) is 2.38. The van der Waals surface area contributed by atoms with Gasteiger partial charge < -0.3 is 10.3 Å². The Morgan fingerprint density at radius 1 is 1.50 bits per heavy atom. The summed E-state index contributed by atoms with van der Waals surface area (Å²) in [7, 11) is 0. The summed E-state index contributed by atoms with van der Waals surface area (Å²) in [6, 6.07) is 3.74. The van der Waals surface area contributed by atoms with E-state index in [0.29, 0.717) is 18.3 Å². The Labute approximate surface area is 93.7 Å². The van der Waals surface area contributed by atoms with E-state index in [0.717, 1.165) is 12.0 Å². The lowest BCUT2D eigenvalue weighted by molar-refractivity contribution is 0.355. The fourth-order valence-corrected chi connectivity index (χ4v) is 1.42. The van der Waals surface area contributed by atoms with Crippen LogP contribution < -0.4 is 5.73 Å². The molecule has 84 valence electrons. The van der Waals surface area contributed by atoms with Crippen LogP contribution in [0, 0.1) is 0 Å². The third kappa shape index (κ3) is 2.25. The first kappa shape index (κ1) is 10.8. The average molecular weight is 218 g/mol. The van der Waals surface area contributed by atoms with Crippen LogP contribution in [0.2, 0.25) is 0 Å². The van der Waals surface area contributed by atoms with E-state index in [2.05, 4.69) is 15.1 Å². The van der Waals surface area contributed by atoms with Gasteiger partial charge in [0.25, 0.3) is 0 Å². The Kier molecular flexibility index (Phi) is 3.26. The molecular formula is C11H14N4O. The van der Waals surface area contributed by atoms with Crippen molar-refractivity contribution in [3.05, 3.63) is 30.4 Å². The molecule has 0 aliphatic heterocycles. The normalized spacial score (nSPS) is 12.6. The van der Waals surface area contributed by atoms with Gasteiger partial charge in [0.2, 0.25) is 11.7 Å². The van der Waals surface area contributed by atoms with Gasteiger partial charge in [-0.3, -0.25) is 4.98 Å². The van der Waals surface area contributed by atoms with Crippen molar-refractivity contribution in [2.45, 2.75) is 19.3 Å². The number of nitrogens with two attached hydrogens (primary N) is 1. The first-order valence-electron chi connectivity index (χ1n) is 5.25. The summed E-state index contributed by atoms with van der Waals surface area (Å²) in [6.45, 7) is 2.64. The first-order chi connectivity index (χ1) is 7.81. The lowest BCUT2D eigenvalue weighted by Gasteiger charge is -2.01. The Morgan fingerprint density at radius 3 is 3.06 bits per heavy atom. The maximum atomic E-state index is 5.48. The number of pyridine rings is 1. The van der Waals surface area contributed by atoms with Gasteiger partial charge in [-0.2, -0.15) is 4.98 Å². The van der Waals surface area contributed by atoms with Crippen molar-refractivity contribution in [2.24, 2.45) is 5.73 Å². The van der Waals surface area contributed by atoms with Gasteiger partial charge in [0.15, 0.2) is 0 Å². The molecule has 16 heavy (non-hydrogen) atoms. The molecule has 2 aromatic heterocycles. The number of hydrogen-bond donors (Lipinski definition) is 1. The zero-order valence-electron chi connectivity index (χ0n) is 9.13. The van der Waals surface area contributed by atoms with Gasteiger partial charge in [0.1, 0.15) is 0 Å². The van der Waals surface area contributed by atoms with Gasteiger partial charge in [-0.25, -0.2) is 0 Å². The second-order valence-corrected chi connectivity index (χ2v) is 3.68. The zero-order chi connectivity index (χ0) is 11.4. The summed E-state index contributed by atoms with van der Waals surface area (Å²) in [4.78, 5) is 8.34. The second kappa shape index (κ2) is 4.85. The molecule has 0 aromatic carbocycles. The SMILES string of the molecule is CC(CCN)c1nc(-c2cccnc2)no1. The molecular weight excluding hydrogens is 204 g/mol. The van der Waals surface area contributed by atoms with E-state index in [9.17, 15) is 0 Å². The molecule has 0 spiro atoms. The molecule has 0 radical (unpaired) electrons. The van der Waals surface area contributed by atoms with Crippen LogP contribution in [0.5, 0.6) is 0 Å². The molecule has 0 aliphatic carbocycles. The molecule has 1 atom stereocenters. The highest BCUT2D eigenvalue weighted by atomic mass is 16.5. The third-order valence-electron chi connectivity index (χ3n) is 2.38. The van der Waals surface area contributed by atoms with Crippen molar-refractivity contribution in [2.75, 3.05) is 6.54 Å². The summed E-state index contributed by atoms with van der Waals surface area (Å²) in [5.41, 5.74) is 6.34. The molecule has 1 unspecified atom stereocenters. The molecule has 2 rings (SSSR count). The summed E-state index contributed by atoms with van der Waals surface area (Å²) in [6.07, 6.45) is 4.26. The Hall–Kier alpha value is -1.75. The zero-order valence-corrected chi connectivity index (χ0v) is 9.13. The van der Waals surface area contributed by atoms with Crippen LogP contribution in [0.4, 0.5) is 0 Å². The van der Waals surface area contributed by atoms with Gasteiger partial charge in [0.05, 0.1) is 0 Å². The summed E-state index contributed by atoms with van der Waals surface area (Å²) in [5.74, 6) is 1.40. The van der Waals surface area contributed by atoms with Gasteiger partial charge >= 0.3 is 0 Å². The average Bonchev–Trinajstić information content (AvgIpc) is 2.80. The molecule has 0 saturated carbocycles. The minimum Gasteiger partial charge on any atom is -0.339 e. The van der Waals surface area contributed by atoms with E-state index in [1.54, 1.807) is 12.4 Å². The van der Waals surface area contributed by atoms with Crippen LogP contribution in [0.15, 0.2) is 29.0 Å². The summed E-state index contributed by atoms with van der Waals surface area (Å²) < 4.78 is 5.19. The highest BCUT2D eigenvalue weighted by molar-refractivity contribution is 5.51. The number of aromatic nitrogens is 3. The van der Waals surface area contributed by atoms with E-state index in [-0.39, 0.29) is 5.92 Å². The van der Waals surface area contributed by atoms with E-state index in [1.165, 1.54) is 0 Å². The van der Waals surface area contributed by atoms with E-state index in [4.69, 9.17) is 10.3 Å². The Bertz CT molecular complexity index is 440. The van der Waals surface area contributed by atoms with Crippen molar-refractivity contribution in [1.82, 2.24) is 15.1 Å². The van der Waals surface area contributed by atoms with Crippen LogP contribution in [0.25, 0.3) is 11.4 Å². The van der Waals surface area contributed by atoms with Crippen LogP contribution in [-0.4, -0.2) is 21.7 Å². The molecule has 2 aromatic rings. The molecule has 2 heterocycles. The Morgan fingerprint density at radius 2 is 2.38 bits per heavy atom. The fraction of sp³-hybridized carbons (Fsp3) is 0.364. The van der Waals surface area contributed by atoms with Crippen molar-refractivity contribution < 1.29 is 4.52 Å². The minimum absolute atomic E-state index is 0.197. The van der Waals surface area contributed by atoms with Crippen LogP contribution >= 0.6 is 0 Å². The van der Waals surface area contributed by atoms with Crippen LogP contribution in [0.1, 0.15) is 25.2 Å². The molecule has 0 saturated heterocycles. The quantitative estimate of drug-likeness (QED) is 0.843. The summed E-state index contributed by atoms with van der Waals surface area (Å²) in [5, 5.41) is 3.92. The number of nitrogens with zero attached hydrogens (tertiary/aromatic N) is 3. The topological polar surface area (TPSA) is 77.8 Å². The van der Waals surface area contributed by atoms with E-state index in [1.807, 2.05) is 19.1 Å². The molecule has 5 nitrogen and oxygen atoms in total. The summed E-state index contributed by atoms with van der Waals surface area (Å²) >= 11 is 0. The second-order valence-electron chi connectivity index (χ2n) is 3.68. The largest absolute Gasteiger partial charge is 0.339 e. The monoisotopic (exact) mass is 218 g/mol. The van der Waals surface area contributed by atoms with E-state index < -0.39 is 0 Å². The lowest BCUT2D eigenvalue weighted by atomic mass is 10.1. The maximum absolute atomic E-state index is 5.48. The maximum Gasteiger partial charge on any atom is 0.229 e. The van der Waals surface area contributed by atoms with Gasteiger partial charge in [0, 0.05) is 23.9 Å². The standard InChI is InChI=1S/C11H14N4O/c1-8(4-5-12)11-14-10(15-16-11)9-3-2-6-13-7-9/h2-3,6-8H,4-5,12H2,1H3. The van der Waals surface area contributed by atoms with Crippen LogP contribution in [-0.2, 0) is 0 Å². The molecule has 0 aliphatic rings.